The second-order valence-electron chi connectivity index (χ2n) is 5.61. The second-order valence-corrected chi connectivity index (χ2v) is 5.61. The Labute approximate surface area is 152 Å². The van der Waals surface area contributed by atoms with E-state index in [1.807, 2.05) is 55.5 Å². The van der Waals surface area contributed by atoms with Crippen LogP contribution in [0.1, 0.15) is 23.0 Å². The first kappa shape index (κ1) is 17.4. The first-order valence-electron chi connectivity index (χ1n) is 8.32. The molecule has 0 aliphatic heterocycles. The number of ether oxygens (including phenoxy) is 1. The van der Waals surface area contributed by atoms with E-state index in [0.29, 0.717) is 11.5 Å². The number of anilines is 3. The van der Waals surface area contributed by atoms with Crippen LogP contribution in [0, 0.1) is 0 Å². The lowest BCUT2D eigenvalue weighted by atomic mass is 10.1. The van der Waals surface area contributed by atoms with Crippen LogP contribution in [0.15, 0.2) is 60.9 Å². The lowest BCUT2D eigenvalue weighted by Gasteiger charge is -2.10. The maximum Gasteiger partial charge on any atom is 0.274 e. The number of aromatic nitrogens is 2. The molecule has 1 aromatic heterocycles. The number of nitrogens with zero attached hydrogens (tertiary/aromatic N) is 2. The summed E-state index contributed by atoms with van der Waals surface area (Å²) in [6.07, 6.45) is 2.21. The van der Waals surface area contributed by atoms with Gasteiger partial charge in [0.25, 0.3) is 5.91 Å². The van der Waals surface area contributed by atoms with Crippen molar-refractivity contribution < 1.29 is 9.53 Å². The highest BCUT2D eigenvalue weighted by atomic mass is 16.5. The van der Waals surface area contributed by atoms with Gasteiger partial charge in [-0.3, -0.25) is 4.79 Å². The molecule has 2 N–H and O–H groups in total. The van der Waals surface area contributed by atoms with Crippen LogP contribution < -0.4 is 15.4 Å². The number of hydrogen-bond donors (Lipinski definition) is 2. The van der Waals surface area contributed by atoms with Crippen molar-refractivity contribution in [1.82, 2.24) is 9.97 Å². The third-order valence-electron chi connectivity index (χ3n) is 3.91. The van der Waals surface area contributed by atoms with E-state index in [1.165, 1.54) is 6.33 Å². The van der Waals surface area contributed by atoms with Crippen molar-refractivity contribution in [2.45, 2.75) is 13.3 Å². The van der Waals surface area contributed by atoms with Gasteiger partial charge in [-0.1, -0.05) is 25.1 Å². The molecule has 1 amide bonds. The SMILES string of the molecule is CCc1ccccc1NC(=O)c1cc(Nc2ccc(OC)cc2)ncn1. The van der Waals surface area contributed by atoms with E-state index in [2.05, 4.69) is 20.6 Å². The Morgan fingerprint density at radius 1 is 1.08 bits per heavy atom. The maximum atomic E-state index is 12.5. The lowest BCUT2D eigenvalue weighted by molar-refractivity contribution is 0.102. The van der Waals surface area contributed by atoms with E-state index in [4.69, 9.17) is 4.74 Å². The van der Waals surface area contributed by atoms with Crippen molar-refractivity contribution in [3.05, 3.63) is 72.2 Å². The standard InChI is InChI=1S/C20H20N4O2/c1-3-14-6-4-5-7-17(14)24-20(25)18-12-19(22-13-21-18)23-15-8-10-16(26-2)11-9-15/h4-13H,3H2,1-2H3,(H,24,25)(H,21,22,23). The molecule has 0 saturated heterocycles. The van der Waals surface area contributed by atoms with E-state index in [1.54, 1.807) is 13.2 Å². The molecular formula is C20H20N4O2. The minimum Gasteiger partial charge on any atom is -0.497 e. The van der Waals surface area contributed by atoms with Crippen molar-refractivity contribution in [1.29, 1.82) is 0 Å². The summed E-state index contributed by atoms with van der Waals surface area (Å²) < 4.78 is 5.14. The number of hydrogen-bond acceptors (Lipinski definition) is 5. The summed E-state index contributed by atoms with van der Waals surface area (Å²) in [6.45, 7) is 2.05. The average Bonchev–Trinajstić information content (AvgIpc) is 2.69. The first-order valence-corrected chi connectivity index (χ1v) is 8.32. The molecular weight excluding hydrogens is 328 g/mol. The van der Waals surface area contributed by atoms with Crippen LogP contribution in [0.4, 0.5) is 17.2 Å². The molecule has 0 unspecified atom stereocenters. The maximum absolute atomic E-state index is 12.5. The average molecular weight is 348 g/mol. The first-order chi connectivity index (χ1) is 12.7. The minimum atomic E-state index is -0.272. The van der Waals surface area contributed by atoms with E-state index < -0.39 is 0 Å². The molecule has 0 atom stereocenters. The molecule has 3 rings (SSSR count). The van der Waals surface area contributed by atoms with E-state index >= 15 is 0 Å². The Balaban J connectivity index is 1.74. The van der Waals surface area contributed by atoms with Gasteiger partial charge < -0.3 is 15.4 Å². The molecule has 132 valence electrons. The fraction of sp³-hybridized carbons (Fsp3) is 0.150. The predicted molar refractivity (Wildman–Crippen MR) is 102 cm³/mol. The highest BCUT2D eigenvalue weighted by molar-refractivity contribution is 6.03. The summed E-state index contributed by atoms with van der Waals surface area (Å²) in [7, 11) is 1.62. The number of carbonyl (C=O) groups is 1. The molecule has 0 bridgehead atoms. The lowest BCUT2D eigenvalue weighted by Crippen LogP contribution is -2.15. The molecule has 0 aliphatic rings. The zero-order valence-electron chi connectivity index (χ0n) is 14.7. The number of benzene rings is 2. The Hall–Kier alpha value is -3.41. The van der Waals surface area contributed by atoms with Crippen LogP contribution in [-0.2, 0) is 6.42 Å². The number of carbonyl (C=O) groups excluding carboxylic acids is 1. The smallest absolute Gasteiger partial charge is 0.274 e. The summed E-state index contributed by atoms with van der Waals surface area (Å²) in [5.41, 5.74) is 3.00. The summed E-state index contributed by atoms with van der Waals surface area (Å²) >= 11 is 0. The molecule has 0 spiro atoms. The number of methoxy groups -OCH3 is 1. The third kappa shape index (κ3) is 4.16. The number of para-hydroxylation sites is 1. The number of amides is 1. The van der Waals surface area contributed by atoms with Crippen LogP contribution >= 0.6 is 0 Å². The fourth-order valence-electron chi connectivity index (χ4n) is 2.51. The number of nitrogens with one attached hydrogen (secondary N) is 2. The van der Waals surface area contributed by atoms with E-state index in [9.17, 15) is 4.79 Å². The quantitative estimate of drug-likeness (QED) is 0.703. The normalized spacial score (nSPS) is 10.2. The topological polar surface area (TPSA) is 76.1 Å². The minimum absolute atomic E-state index is 0.272. The zero-order valence-corrected chi connectivity index (χ0v) is 14.7. The Bertz CT molecular complexity index is 894. The Morgan fingerprint density at radius 3 is 2.58 bits per heavy atom. The van der Waals surface area contributed by atoms with Crippen molar-refractivity contribution in [3.8, 4) is 5.75 Å². The Morgan fingerprint density at radius 2 is 1.85 bits per heavy atom. The van der Waals surface area contributed by atoms with Crippen LogP contribution in [-0.4, -0.2) is 23.0 Å². The summed E-state index contributed by atoms with van der Waals surface area (Å²) in [5.74, 6) is 1.04. The molecule has 6 nitrogen and oxygen atoms in total. The van der Waals surface area contributed by atoms with Gasteiger partial charge in [0.1, 0.15) is 23.6 Å². The fourth-order valence-corrected chi connectivity index (χ4v) is 2.51. The third-order valence-corrected chi connectivity index (χ3v) is 3.91. The molecule has 6 heteroatoms. The van der Waals surface area contributed by atoms with E-state index in [-0.39, 0.29) is 5.91 Å². The van der Waals surface area contributed by atoms with Gasteiger partial charge in [0.05, 0.1) is 7.11 Å². The van der Waals surface area contributed by atoms with Crippen molar-refractivity contribution in [3.63, 3.8) is 0 Å². The zero-order chi connectivity index (χ0) is 18.4. The molecule has 0 aliphatic carbocycles. The highest BCUT2D eigenvalue weighted by Crippen LogP contribution is 2.20. The van der Waals surface area contributed by atoms with Gasteiger partial charge >= 0.3 is 0 Å². The largest absolute Gasteiger partial charge is 0.497 e. The van der Waals surface area contributed by atoms with Crippen LogP contribution in [0.2, 0.25) is 0 Å². The molecule has 26 heavy (non-hydrogen) atoms. The molecule has 0 radical (unpaired) electrons. The summed E-state index contributed by atoms with van der Waals surface area (Å²) in [6, 6.07) is 16.8. The van der Waals surface area contributed by atoms with Crippen molar-refractivity contribution in [2.24, 2.45) is 0 Å². The number of aryl methyl sites for hydroxylation is 1. The van der Waals surface area contributed by atoms with Crippen molar-refractivity contribution in [2.75, 3.05) is 17.7 Å². The van der Waals surface area contributed by atoms with Crippen LogP contribution in [0.3, 0.4) is 0 Å². The summed E-state index contributed by atoms with van der Waals surface area (Å²) in [5, 5.41) is 6.06. The van der Waals surface area contributed by atoms with Gasteiger partial charge in [-0.05, 0) is 42.3 Å². The van der Waals surface area contributed by atoms with Gasteiger partial charge in [-0.15, -0.1) is 0 Å². The molecule has 3 aromatic rings. The summed E-state index contributed by atoms with van der Waals surface area (Å²) in [4.78, 5) is 20.8. The van der Waals surface area contributed by atoms with Gasteiger partial charge in [-0.25, -0.2) is 9.97 Å². The van der Waals surface area contributed by atoms with Crippen molar-refractivity contribution >= 4 is 23.1 Å². The molecule has 0 fully saturated rings. The molecule has 2 aromatic carbocycles. The van der Waals surface area contributed by atoms with Gasteiger partial charge in [-0.2, -0.15) is 0 Å². The molecule has 1 heterocycles. The second kappa shape index (κ2) is 8.11. The van der Waals surface area contributed by atoms with Crippen LogP contribution in [0.5, 0.6) is 5.75 Å². The molecule has 0 saturated carbocycles. The van der Waals surface area contributed by atoms with Gasteiger partial charge in [0, 0.05) is 17.4 Å². The van der Waals surface area contributed by atoms with Crippen LogP contribution in [0.25, 0.3) is 0 Å². The van der Waals surface area contributed by atoms with Gasteiger partial charge in [0.15, 0.2) is 0 Å². The Kier molecular flexibility index (Phi) is 5.43. The van der Waals surface area contributed by atoms with Gasteiger partial charge in [0.2, 0.25) is 0 Å². The van der Waals surface area contributed by atoms with E-state index in [0.717, 1.165) is 29.1 Å². The number of rotatable bonds is 6. The highest BCUT2D eigenvalue weighted by Gasteiger charge is 2.11. The monoisotopic (exact) mass is 348 g/mol. The predicted octanol–water partition coefficient (Wildman–Crippen LogP) is 4.04.